The minimum Gasteiger partial charge on any atom is -0.472 e. The molecule has 1 aromatic carbocycles. The maximum absolute atomic E-state index is 13.1. The number of nitrogens with two attached hydrogens (primary N) is 1. The van der Waals surface area contributed by atoms with Crippen LogP contribution in [0.1, 0.15) is 36.3 Å². The third-order valence-corrected chi connectivity index (χ3v) is 3.75. The summed E-state index contributed by atoms with van der Waals surface area (Å²) < 4.78 is 19.0. The van der Waals surface area contributed by atoms with Crippen molar-refractivity contribution in [2.45, 2.75) is 32.3 Å². The number of halogens is 1. The molecule has 0 saturated carbocycles. The Kier molecular flexibility index (Phi) is 4.77. The summed E-state index contributed by atoms with van der Waals surface area (Å²) in [5, 5.41) is 0. The Hall–Kier alpha value is -1.92. The predicted molar refractivity (Wildman–Crippen MR) is 80.0 cm³/mol. The van der Waals surface area contributed by atoms with E-state index in [-0.39, 0.29) is 33.9 Å². The summed E-state index contributed by atoms with van der Waals surface area (Å²) >= 11 is 0. The van der Waals surface area contributed by atoms with Crippen molar-refractivity contribution in [3.8, 4) is 17.0 Å². The topological polar surface area (TPSA) is 65.2 Å². The van der Waals surface area contributed by atoms with E-state index in [1.807, 2.05) is 13.8 Å². The fraction of sp³-hybridized carbons (Fsp3) is 0.294. The first-order chi connectivity index (χ1) is 10.4. The molecule has 2 N–H and O–H groups in total. The van der Waals surface area contributed by atoms with Gasteiger partial charge in [-0.05, 0) is 32.3 Å². The van der Waals surface area contributed by atoms with Crippen LogP contribution in [-0.2, 0) is 23.2 Å². The van der Waals surface area contributed by atoms with Crippen LogP contribution in [0.3, 0.4) is 0 Å². The summed E-state index contributed by atoms with van der Waals surface area (Å²) in [6, 6.07) is 8.74. The summed E-state index contributed by atoms with van der Waals surface area (Å²) in [5.74, 6) is -0.572. The van der Waals surface area contributed by atoms with E-state index in [4.69, 9.17) is 10.5 Å². The van der Waals surface area contributed by atoms with Gasteiger partial charge in [0.15, 0.2) is 0 Å². The summed E-state index contributed by atoms with van der Waals surface area (Å²) in [4.78, 5) is 15.7. The number of primary amides is 1. The van der Waals surface area contributed by atoms with Gasteiger partial charge in [0.05, 0.1) is 0 Å². The number of ether oxygens (including phenoxy) is 1. The minimum atomic E-state index is -0.627. The largest absolute Gasteiger partial charge is 0.472 e. The fourth-order valence-electron chi connectivity index (χ4n) is 2.55. The Morgan fingerprint density at radius 3 is 2.78 bits per heavy atom. The number of amides is 1. The molecule has 2 aromatic rings. The van der Waals surface area contributed by atoms with Gasteiger partial charge in [-0.3, -0.25) is 9.18 Å². The quantitative estimate of drug-likeness (QED) is 0.840. The molecule has 1 aliphatic rings. The monoisotopic (exact) mass is 358 g/mol. The second-order valence-electron chi connectivity index (χ2n) is 5.99. The van der Waals surface area contributed by atoms with Crippen LogP contribution in [0.25, 0.3) is 11.1 Å². The van der Waals surface area contributed by atoms with Crippen LogP contribution >= 0.6 is 0 Å². The molecule has 6 heteroatoms. The van der Waals surface area contributed by atoms with Crippen LogP contribution < -0.4 is 10.5 Å². The predicted octanol–water partition coefficient (Wildman–Crippen LogP) is 2.89. The molecule has 0 atom stereocenters. The first-order valence-electron chi connectivity index (χ1n) is 7.06. The molecule has 0 unspecified atom stereocenters. The zero-order chi connectivity index (χ0) is 15.9. The van der Waals surface area contributed by atoms with Crippen LogP contribution in [-0.4, -0.2) is 16.5 Å². The number of aromatic nitrogens is 1. The van der Waals surface area contributed by atoms with Gasteiger partial charge in [-0.25, -0.2) is 4.98 Å². The zero-order valence-electron chi connectivity index (χ0n) is 12.8. The number of carbonyl (C=O) groups excluding carboxylic acids is 1. The van der Waals surface area contributed by atoms with Crippen molar-refractivity contribution in [3.05, 3.63) is 47.4 Å². The van der Waals surface area contributed by atoms with Gasteiger partial charge in [0, 0.05) is 22.6 Å². The number of nitrogens with zero attached hydrogens (tertiary/aromatic N) is 1. The number of rotatable bonds is 2. The van der Waals surface area contributed by atoms with Crippen molar-refractivity contribution in [1.29, 1.82) is 0 Å². The second kappa shape index (κ2) is 6.29. The van der Waals surface area contributed by atoms with Crippen LogP contribution in [0.4, 0.5) is 4.39 Å². The molecule has 1 aliphatic heterocycles. The van der Waals surface area contributed by atoms with Gasteiger partial charge in [0.2, 0.25) is 5.88 Å². The zero-order valence-corrected chi connectivity index (χ0v) is 13.8. The Labute approximate surface area is 144 Å². The van der Waals surface area contributed by atoms with E-state index in [0.717, 1.165) is 24.0 Å². The van der Waals surface area contributed by atoms with E-state index in [2.05, 4.69) is 11.1 Å². The standard InChI is InChI=1S/C17H16FN2O2.Co/c1-17(2)8-7-12-13(10-3-5-11(18)6-4-10)9-14(15(19)21)20-16(12)22-17;/h3,5-6,9H,7-8H2,1-2H3,(H2,19,21);/q-1;. The first kappa shape index (κ1) is 17.4. The van der Waals surface area contributed by atoms with E-state index in [1.54, 1.807) is 12.1 Å². The van der Waals surface area contributed by atoms with Crippen LogP contribution in [0.15, 0.2) is 24.3 Å². The van der Waals surface area contributed by atoms with Gasteiger partial charge < -0.3 is 10.5 Å². The molecule has 23 heavy (non-hydrogen) atoms. The van der Waals surface area contributed by atoms with Gasteiger partial charge in [0.1, 0.15) is 11.3 Å². The Morgan fingerprint density at radius 2 is 2.17 bits per heavy atom. The van der Waals surface area contributed by atoms with E-state index < -0.39 is 5.91 Å². The van der Waals surface area contributed by atoms with E-state index in [0.29, 0.717) is 11.4 Å². The molecule has 3 rings (SSSR count). The number of benzene rings is 1. The summed E-state index contributed by atoms with van der Waals surface area (Å²) in [6.45, 7) is 3.94. The molecule has 2 heterocycles. The van der Waals surface area contributed by atoms with E-state index >= 15 is 0 Å². The molecule has 0 saturated heterocycles. The average Bonchev–Trinajstić information content (AvgIpc) is 2.45. The molecular weight excluding hydrogens is 342 g/mol. The summed E-state index contributed by atoms with van der Waals surface area (Å²) in [5.41, 5.74) is 7.48. The molecule has 0 spiro atoms. The maximum atomic E-state index is 13.1. The molecule has 1 amide bonds. The van der Waals surface area contributed by atoms with Gasteiger partial charge in [-0.15, -0.1) is 29.8 Å². The van der Waals surface area contributed by atoms with Gasteiger partial charge in [0.25, 0.3) is 5.91 Å². The molecular formula is C17H16CoFN2O2-. The number of pyridine rings is 1. The maximum Gasteiger partial charge on any atom is 0.266 e. The van der Waals surface area contributed by atoms with Crippen molar-refractivity contribution in [2.75, 3.05) is 0 Å². The molecule has 1 radical (unpaired) electrons. The molecule has 1 aromatic heterocycles. The Bertz CT molecular complexity index is 745. The number of carbonyl (C=O) groups is 1. The SMILES string of the molecule is CC1(C)CCc2c(-c3[c-]cc(F)cc3)cc(C(N)=O)nc2O1.[Co]. The van der Waals surface area contributed by atoms with Crippen molar-refractivity contribution >= 4 is 5.91 Å². The third kappa shape index (κ3) is 3.54. The van der Waals surface area contributed by atoms with Crippen molar-refractivity contribution in [1.82, 2.24) is 4.98 Å². The molecule has 0 bridgehead atoms. The van der Waals surface area contributed by atoms with E-state index in [1.165, 1.54) is 12.1 Å². The van der Waals surface area contributed by atoms with Gasteiger partial charge in [-0.1, -0.05) is 11.6 Å². The molecule has 0 fully saturated rings. The molecule has 4 nitrogen and oxygen atoms in total. The number of hydrogen-bond acceptors (Lipinski definition) is 3. The van der Waals surface area contributed by atoms with Crippen LogP contribution in [0.5, 0.6) is 5.88 Å². The summed E-state index contributed by atoms with van der Waals surface area (Å²) in [7, 11) is 0. The van der Waals surface area contributed by atoms with Crippen LogP contribution in [0.2, 0.25) is 0 Å². The molecule has 0 aliphatic carbocycles. The Morgan fingerprint density at radius 1 is 1.43 bits per heavy atom. The van der Waals surface area contributed by atoms with Crippen molar-refractivity contribution < 1.29 is 30.7 Å². The molecule has 123 valence electrons. The smallest absolute Gasteiger partial charge is 0.266 e. The Balaban J connectivity index is 0.00000192. The van der Waals surface area contributed by atoms with Gasteiger partial charge in [-0.2, -0.15) is 0 Å². The second-order valence-corrected chi connectivity index (χ2v) is 5.99. The van der Waals surface area contributed by atoms with Gasteiger partial charge >= 0.3 is 0 Å². The normalized spacial score (nSPS) is 15.1. The summed E-state index contributed by atoms with van der Waals surface area (Å²) in [6.07, 6.45) is 1.58. The average molecular weight is 358 g/mol. The van der Waals surface area contributed by atoms with Crippen molar-refractivity contribution in [3.63, 3.8) is 0 Å². The first-order valence-corrected chi connectivity index (χ1v) is 7.06. The van der Waals surface area contributed by atoms with Crippen molar-refractivity contribution in [2.24, 2.45) is 5.73 Å². The fourth-order valence-corrected chi connectivity index (χ4v) is 2.55. The number of hydrogen-bond donors (Lipinski definition) is 1. The number of fused-ring (bicyclic) bond motifs is 1. The van der Waals surface area contributed by atoms with Crippen LogP contribution in [0, 0.1) is 11.9 Å². The minimum absolute atomic E-state index is 0. The van der Waals surface area contributed by atoms with E-state index in [9.17, 15) is 9.18 Å². The third-order valence-electron chi connectivity index (χ3n) is 3.75.